The number of rotatable bonds is 5. The van der Waals surface area contributed by atoms with E-state index in [9.17, 15) is 18.3 Å². The molecule has 162 valence electrons. The molecule has 3 aromatic heterocycles. The molecular weight excluding hydrogens is 462 g/mol. The van der Waals surface area contributed by atoms with Crippen LogP contribution in [-0.2, 0) is 6.18 Å². The Morgan fingerprint density at radius 3 is 2.68 bits per heavy atom. The quantitative estimate of drug-likeness (QED) is 0.454. The van der Waals surface area contributed by atoms with Gasteiger partial charge < -0.3 is 18.8 Å². The lowest BCUT2D eigenvalue weighted by Crippen LogP contribution is -2.12. The van der Waals surface area contributed by atoms with E-state index in [2.05, 4.69) is 20.1 Å². The van der Waals surface area contributed by atoms with Crippen LogP contribution in [0.25, 0.3) is 28.6 Å². The summed E-state index contributed by atoms with van der Waals surface area (Å²) in [6.45, 7) is 1.59. The lowest BCUT2D eigenvalue weighted by Gasteiger charge is -2.11. The zero-order valence-corrected chi connectivity index (χ0v) is 17.1. The van der Waals surface area contributed by atoms with Crippen LogP contribution in [0.4, 0.5) is 13.2 Å². The fraction of sp³-hybridized carbons (Fsp3) is 0.222. The summed E-state index contributed by atoms with van der Waals surface area (Å²) >= 11 is 12.5. The Balaban J connectivity index is 1.64. The number of alkyl halides is 3. The molecule has 0 radical (unpaired) electrons. The molecule has 4 rings (SSSR count). The van der Waals surface area contributed by atoms with Crippen molar-refractivity contribution in [3.8, 4) is 28.7 Å². The van der Waals surface area contributed by atoms with Gasteiger partial charge >= 0.3 is 6.18 Å². The lowest BCUT2D eigenvalue weighted by atomic mass is 10.2. The van der Waals surface area contributed by atoms with Crippen molar-refractivity contribution in [1.29, 1.82) is 0 Å². The maximum atomic E-state index is 12.8. The molecule has 0 aliphatic heterocycles. The summed E-state index contributed by atoms with van der Waals surface area (Å²) < 4.78 is 50.3. The van der Waals surface area contributed by atoms with Gasteiger partial charge in [0.2, 0.25) is 5.82 Å². The number of fused-ring (bicyclic) bond motifs is 1. The smallest absolute Gasteiger partial charge is 0.434 e. The van der Waals surface area contributed by atoms with Crippen LogP contribution in [0.1, 0.15) is 12.6 Å². The molecule has 13 heteroatoms. The van der Waals surface area contributed by atoms with E-state index < -0.39 is 18.0 Å². The highest BCUT2D eigenvalue weighted by Crippen LogP contribution is 2.36. The highest BCUT2D eigenvalue weighted by Gasteiger charge is 2.33. The molecule has 8 nitrogen and oxygen atoms in total. The first kappa shape index (κ1) is 21.3. The van der Waals surface area contributed by atoms with Gasteiger partial charge in [0.25, 0.3) is 5.89 Å². The normalized spacial score (nSPS) is 13.0. The first-order valence-electron chi connectivity index (χ1n) is 8.68. The Kier molecular flexibility index (Phi) is 5.50. The molecule has 1 atom stereocenters. The first-order valence-corrected chi connectivity index (χ1v) is 9.43. The van der Waals surface area contributed by atoms with Gasteiger partial charge in [-0.15, -0.1) is 0 Å². The molecular formula is C18H12Cl2F3N5O3. The van der Waals surface area contributed by atoms with E-state index in [-0.39, 0.29) is 45.5 Å². The molecule has 0 amide bonds. The summed E-state index contributed by atoms with van der Waals surface area (Å²) in [4.78, 5) is 11.7. The molecule has 1 N–H and O–H groups in total. The van der Waals surface area contributed by atoms with Crippen LogP contribution in [0.3, 0.4) is 0 Å². The summed E-state index contributed by atoms with van der Waals surface area (Å²) in [6.07, 6.45) is -2.16. The zero-order chi connectivity index (χ0) is 22.3. The molecule has 0 fully saturated rings. The van der Waals surface area contributed by atoms with Crippen molar-refractivity contribution in [2.45, 2.75) is 19.2 Å². The summed E-state index contributed by atoms with van der Waals surface area (Å²) in [5.74, 6) is 0.331. The Morgan fingerprint density at radius 2 is 1.97 bits per heavy atom. The van der Waals surface area contributed by atoms with Crippen molar-refractivity contribution in [3.05, 3.63) is 46.5 Å². The molecule has 3 heterocycles. The maximum Gasteiger partial charge on any atom is 0.434 e. The second-order valence-electron chi connectivity index (χ2n) is 6.51. The van der Waals surface area contributed by atoms with E-state index in [1.807, 2.05) is 0 Å². The van der Waals surface area contributed by atoms with Gasteiger partial charge in [-0.3, -0.25) is 0 Å². The third-order valence-corrected chi connectivity index (χ3v) is 4.63. The summed E-state index contributed by atoms with van der Waals surface area (Å²) in [5.41, 5.74) is -0.396. The number of nitrogens with zero attached hydrogens (tertiary/aromatic N) is 5. The number of halogens is 5. The fourth-order valence-corrected chi connectivity index (χ4v) is 3.06. The minimum Gasteiger partial charge on any atom is -0.489 e. The second kappa shape index (κ2) is 7.98. The van der Waals surface area contributed by atoms with E-state index in [0.717, 1.165) is 16.8 Å². The highest BCUT2D eigenvalue weighted by molar-refractivity contribution is 6.36. The third-order valence-electron chi connectivity index (χ3n) is 4.02. The number of aromatic nitrogens is 5. The molecule has 0 saturated carbocycles. The molecule has 0 spiro atoms. The van der Waals surface area contributed by atoms with Gasteiger partial charge in [-0.2, -0.15) is 18.2 Å². The molecule has 0 saturated heterocycles. The lowest BCUT2D eigenvalue weighted by molar-refractivity contribution is -0.141. The van der Waals surface area contributed by atoms with Gasteiger partial charge in [0, 0.05) is 24.0 Å². The van der Waals surface area contributed by atoms with Crippen molar-refractivity contribution in [2.75, 3.05) is 6.61 Å². The number of ether oxygens (including phenoxy) is 1. The van der Waals surface area contributed by atoms with E-state index >= 15 is 0 Å². The first-order chi connectivity index (χ1) is 14.6. The van der Waals surface area contributed by atoms with Crippen molar-refractivity contribution in [3.63, 3.8) is 0 Å². The van der Waals surface area contributed by atoms with Crippen LogP contribution < -0.4 is 4.74 Å². The number of benzene rings is 1. The predicted octanol–water partition coefficient (Wildman–Crippen LogP) is 4.53. The van der Waals surface area contributed by atoms with Crippen molar-refractivity contribution in [2.24, 2.45) is 0 Å². The topological polar surface area (TPSA) is 98.6 Å². The second-order valence-corrected chi connectivity index (χ2v) is 7.32. The van der Waals surface area contributed by atoms with Crippen molar-refractivity contribution >= 4 is 28.8 Å². The molecule has 0 aliphatic carbocycles. The standard InChI is InChI=1S/C18H12Cl2F3N5O3/c1-8(29)7-30-13-3-10(19)9(2-11(13)20)16-26-17(31-27-16)12-5-28-6-14(18(21,22)23)24-4-15(28)25-12/h2-6,8,29H,7H2,1H3. The van der Waals surface area contributed by atoms with Gasteiger partial charge in [0.1, 0.15) is 18.1 Å². The Labute approximate surface area is 182 Å². The molecule has 0 bridgehead atoms. The molecule has 0 aliphatic rings. The van der Waals surface area contributed by atoms with Gasteiger partial charge in [-0.05, 0) is 13.0 Å². The van der Waals surface area contributed by atoms with Crippen LogP contribution in [0.2, 0.25) is 10.0 Å². The fourth-order valence-electron chi connectivity index (χ4n) is 2.61. The zero-order valence-electron chi connectivity index (χ0n) is 15.6. The van der Waals surface area contributed by atoms with Crippen molar-refractivity contribution < 1.29 is 27.5 Å². The maximum absolute atomic E-state index is 12.8. The Bertz CT molecular complexity index is 1260. The summed E-state index contributed by atoms with van der Waals surface area (Å²) in [6, 6.07) is 2.92. The number of imidazole rings is 1. The number of hydrogen-bond donors (Lipinski definition) is 1. The van der Waals surface area contributed by atoms with Gasteiger partial charge in [-0.1, -0.05) is 28.4 Å². The van der Waals surface area contributed by atoms with E-state index in [1.54, 1.807) is 6.92 Å². The Morgan fingerprint density at radius 1 is 1.19 bits per heavy atom. The predicted molar refractivity (Wildman–Crippen MR) is 104 cm³/mol. The third kappa shape index (κ3) is 4.43. The number of aliphatic hydroxyl groups is 1. The number of hydrogen-bond acceptors (Lipinski definition) is 7. The van der Waals surface area contributed by atoms with Crippen LogP contribution in [0, 0.1) is 0 Å². The van der Waals surface area contributed by atoms with E-state index in [1.165, 1.54) is 18.3 Å². The average Bonchev–Trinajstić information content (AvgIpc) is 3.33. The summed E-state index contributed by atoms with van der Waals surface area (Å²) in [7, 11) is 0. The van der Waals surface area contributed by atoms with Crippen LogP contribution in [0.15, 0.2) is 35.2 Å². The largest absolute Gasteiger partial charge is 0.489 e. The average molecular weight is 474 g/mol. The van der Waals surface area contributed by atoms with Crippen LogP contribution in [0.5, 0.6) is 5.75 Å². The minimum absolute atomic E-state index is 0.0283. The molecule has 4 aromatic rings. The number of aliphatic hydroxyl groups excluding tert-OH is 1. The Hall–Kier alpha value is -2.89. The van der Waals surface area contributed by atoms with Gasteiger partial charge in [-0.25, -0.2) is 9.97 Å². The highest BCUT2D eigenvalue weighted by atomic mass is 35.5. The van der Waals surface area contributed by atoms with E-state index in [0.29, 0.717) is 5.56 Å². The molecule has 1 unspecified atom stereocenters. The molecule has 31 heavy (non-hydrogen) atoms. The van der Waals surface area contributed by atoms with Gasteiger partial charge in [0.15, 0.2) is 11.3 Å². The van der Waals surface area contributed by atoms with E-state index in [4.69, 9.17) is 32.5 Å². The van der Waals surface area contributed by atoms with Crippen LogP contribution >= 0.6 is 23.2 Å². The van der Waals surface area contributed by atoms with Crippen LogP contribution in [-0.4, -0.2) is 42.3 Å². The summed E-state index contributed by atoms with van der Waals surface area (Å²) in [5, 5.41) is 13.6. The SMILES string of the molecule is CC(O)COc1cc(Cl)c(-c2noc(-c3cn4cc(C(F)(F)F)ncc4n3)n2)cc1Cl. The van der Waals surface area contributed by atoms with Crippen molar-refractivity contribution in [1.82, 2.24) is 24.5 Å². The minimum atomic E-state index is -4.59. The monoisotopic (exact) mass is 473 g/mol. The molecule has 1 aromatic carbocycles. The van der Waals surface area contributed by atoms with Gasteiger partial charge in [0.05, 0.1) is 22.3 Å².